The van der Waals surface area contributed by atoms with E-state index in [0.717, 1.165) is 35.7 Å². The van der Waals surface area contributed by atoms with Crippen molar-refractivity contribution >= 4 is 27.3 Å². The van der Waals surface area contributed by atoms with Gasteiger partial charge in [-0.2, -0.15) is 11.3 Å². The lowest BCUT2D eigenvalue weighted by Crippen LogP contribution is -2.43. The molecule has 0 amide bonds. The maximum Gasteiger partial charge on any atom is 0.110 e. The van der Waals surface area contributed by atoms with Gasteiger partial charge in [-0.15, -0.1) is 0 Å². The fraction of sp³-hybridized carbons (Fsp3) is 0.714. The van der Waals surface area contributed by atoms with Crippen molar-refractivity contribution in [1.29, 1.82) is 0 Å². The zero-order valence-corrected chi connectivity index (χ0v) is 13.6. The minimum absolute atomic E-state index is 0.369. The molecule has 0 saturated heterocycles. The highest BCUT2D eigenvalue weighted by Crippen LogP contribution is 2.48. The summed E-state index contributed by atoms with van der Waals surface area (Å²) in [6, 6.07) is 0. The Labute approximate surface area is 121 Å². The highest BCUT2D eigenvalue weighted by molar-refractivity contribution is 9.10. The van der Waals surface area contributed by atoms with Crippen LogP contribution in [0.2, 0.25) is 0 Å². The molecule has 4 heteroatoms. The summed E-state index contributed by atoms with van der Waals surface area (Å²) in [5.74, 6) is 0. The van der Waals surface area contributed by atoms with Crippen LogP contribution in [0.3, 0.4) is 0 Å². The van der Waals surface area contributed by atoms with Crippen LogP contribution in [-0.2, 0) is 4.74 Å². The van der Waals surface area contributed by atoms with E-state index in [4.69, 9.17) is 4.74 Å². The highest BCUT2D eigenvalue weighted by atomic mass is 79.9. The number of halogens is 1. The Hall–Kier alpha value is 0.100. The van der Waals surface area contributed by atoms with Gasteiger partial charge >= 0.3 is 0 Å². The molecule has 1 aromatic heterocycles. The molecule has 1 unspecified atom stereocenters. The van der Waals surface area contributed by atoms with Crippen LogP contribution in [0.15, 0.2) is 15.2 Å². The Morgan fingerprint density at radius 3 is 2.33 bits per heavy atom. The quantitative estimate of drug-likeness (QED) is 0.881. The molecule has 1 atom stereocenters. The van der Waals surface area contributed by atoms with Gasteiger partial charge in [0.25, 0.3) is 0 Å². The summed E-state index contributed by atoms with van der Waals surface area (Å²) in [6.07, 6.45) is 3.48. The lowest BCUT2D eigenvalue weighted by Gasteiger charge is -2.45. The van der Waals surface area contributed by atoms with E-state index in [0.29, 0.717) is 5.41 Å². The molecule has 102 valence electrons. The van der Waals surface area contributed by atoms with Gasteiger partial charge in [0.1, 0.15) is 6.10 Å². The van der Waals surface area contributed by atoms with E-state index in [9.17, 15) is 5.11 Å². The first-order chi connectivity index (χ1) is 8.40. The molecule has 0 aromatic carbocycles. The van der Waals surface area contributed by atoms with E-state index in [1.807, 2.05) is 10.8 Å². The lowest BCUT2D eigenvalue weighted by molar-refractivity contribution is -0.138. The van der Waals surface area contributed by atoms with Gasteiger partial charge in [-0.25, -0.2) is 0 Å². The summed E-state index contributed by atoms with van der Waals surface area (Å²) in [5, 5.41) is 14.7. The second kappa shape index (κ2) is 5.23. The maximum absolute atomic E-state index is 10.7. The third kappa shape index (κ3) is 2.67. The van der Waals surface area contributed by atoms with Gasteiger partial charge in [0.2, 0.25) is 0 Å². The maximum atomic E-state index is 10.7. The van der Waals surface area contributed by atoms with Crippen molar-refractivity contribution in [3.63, 3.8) is 0 Å². The average molecular weight is 333 g/mol. The average Bonchev–Trinajstić information content (AvgIpc) is 2.75. The molecule has 0 bridgehead atoms. The van der Waals surface area contributed by atoms with Crippen LogP contribution in [0, 0.1) is 5.41 Å². The third-order valence-electron chi connectivity index (χ3n) is 4.29. The first kappa shape index (κ1) is 14.5. The van der Waals surface area contributed by atoms with E-state index in [1.54, 1.807) is 18.4 Å². The second-order valence-corrected chi connectivity index (χ2v) is 7.61. The van der Waals surface area contributed by atoms with Crippen molar-refractivity contribution in [3.8, 4) is 0 Å². The Balaban J connectivity index is 2.21. The number of aliphatic hydroxyl groups is 1. The SMILES string of the molecule is COC1(C(O)c2cscc2Br)CCC(C)(C)CC1. The van der Waals surface area contributed by atoms with E-state index in [-0.39, 0.29) is 0 Å². The minimum Gasteiger partial charge on any atom is -0.385 e. The zero-order valence-electron chi connectivity index (χ0n) is 11.2. The van der Waals surface area contributed by atoms with E-state index >= 15 is 0 Å². The number of rotatable bonds is 3. The monoisotopic (exact) mass is 332 g/mol. The van der Waals surface area contributed by atoms with Gasteiger partial charge in [0.05, 0.1) is 5.60 Å². The predicted octanol–water partition coefficient (Wildman–Crippen LogP) is 4.53. The molecular weight excluding hydrogens is 312 g/mol. The standard InChI is InChI=1S/C14H21BrO2S/c1-13(2)4-6-14(17-3,7-5-13)12(16)10-8-18-9-11(10)15/h8-9,12,16H,4-7H2,1-3H3. The van der Waals surface area contributed by atoms with Gasteiger partial charge < -0.3 is 9.84 Å². The van der Waals surface area contributed by atoms with Crippen LogP contribution < -0.4 is 0 Å². The van der Waals surface area contributed by atoms with E-state index in [1.165, 1.54) is 0 Å². The van der Waals surface area contributed by atoms with Crippen molar-refractivity contribution < 1.29 is 9.84 Å². The molecule has 0 radical (unpaired) electrons. The fourth-order valence-electron chi connectivity index (χ4n) is 2.71. The number of thiophene rings is 1. The van der Waals surface area contributed by atoms with E-state index < -0.39 is 11.7 Å². The largest absolute Gasteiger partial charge is 0.385 e. The summed E-state index contributed by atoms with van der Waals surface area (Å²) in [4.78, 5) is 0. The van der Waals surface area contributed by atoms with Gasteiger partial charge in [0.15, 0.2) is 0 Å². The summed E-state index contributed by atoms with van der Waals surface area (Å²) in [5.41, 5.74) is 0.911. The van der Waals surface area contributed by atoms with Gasteiger partial charge in [-0.3, -0.25) is 0 Å². The summed E-state index contributed by atoms with van der Waals surface area (Å²) < 4.78 is 6.73. The lowest BCUT2D eigenvalue weighted by atomic mass is 9.68. The Bertz CT molecular complexity index is 404. The van der Waals surface area contributed by atoms with Crippen LogP contribution >= 0.6 is 27.3 Å². The molecule has 1 aromatic rings. The van der Waals surface area contributed by atoms with Crippen molar-refractivity contribution in [3.05, 3.63) is 20.8 Å². The van der Waals surface area contributed by atoms with Crippen molar-refractivity contribution in [2.45, 2.75) is 51.2 Å². The van der Waals surface area contributed by atoms with Crippen LogP contribution in [0.1, 0.15) is 51.2 Å². The first-order valence-corrected chi connectivity index (χ1v) is 8.09. The molecular formula is C14H21BrO2S. The Kier molecular flexibility index (Phi) is 4.22. The Morgan fingerprint density at radius 2 is 1.89 bits per heavy atom. The number of methoxy groups -OCH3 is 1. The molecule has 0 aliphatic heterocycles. The van der Waals surface area contributed by atoms with Crippen molar-refractivity contribution in [2.24, 2.45) is 5.41 Å². The van der Waals surface area contributed by atoms with Crippen LogP contribution in [-0.4, -0.2) is 17.8 Å². The molecule has 1 heterocycles. The number of hydrogen-bond donors (Lipinski definition) is 1. The molecule has 18 heavy (non-hydrogen) atoms. The molecule has 1 saturated carbocycles. The molecule has 1 aliphatic rings. The summed E-state index contributed by atoms with van der Waals surface area (Å²) in [6.45, 7) is 4.58. The molecule has 2 nitrogen and oxygen atoms in total. The fourth-order valence-corrected chi connectivity index (χ4v) is 4.24. The number of ether oxygens (including phenoxy) is 1. The minimum atomic E-state index is -0.542. The van der Waals surface area contributed by atoms with E-state index in [2.05, 4.69) is 29.8 Å². The van der Waals surface area contributed by atoms with Gasteiger partial charge in [0, 0.05) is 22.5 Å². The molecule has 1 fully saturated rings. The summed E-state index contributed by atoms with van der Waals surface area (Å²) >= 11 is 5.11. The topological polar surface area (TPSA) is 29.5 Å². The number of hydrogen-bond acceptors (Lipinski definition) is 3. The smallest absolute Gasteiger partial charge is 0.110 e. The zero-order chi connectivity index (χ0) is 13.4. The predicted molar refractivity (Wildman–Crippen MR) is 79.0 cm³/mol. The third-order valence-corrected chi connectivity index (χ3v) is 6.04. The highest BCUT2D eigenvalue weighted by Gasteiger charge is 2.44. The Morgan fingerprint density at radius 1 is 1.28 bits per heavy atom. The van der Waals surface area contributed by atoms with Crippen molar-refractivity contribution in [1.82, 2.24) is 0 Å². The van der Waals surface area contributed by atoms with Crippen LogP contribution in [0.5, 0.6) is 0 Å². The molecule has 1 N–H and O–H groups in total. The normalized spacial score (nSPS) is 23.8. The van der Waals surface area contributed by atoms with Crippen LogP contribution in [0.4, 0.5) is 0 Å². The van der Waals surface area contributed by atoms with Crippen LogP contribution in [0.25, 0.3) is 0 Å². The number of aliphatic hydroxyl groups excluding tert-OH is 1. The molecule has 1 aliphatic carbocycles. The van der Waals surface area contributed by atoms with Gasteiger partial charge in [-0.05, 0) is 52.4 Å². The first-order valence-electron chi connectivity index (χ1n) is 6.35. The molecule has 0 spiro atoms. The summed E-state index contributed by atoms with van der Waals surface area (Å²) in [7, 11) is 1.72. The van der Waals surface area contributed by atoms with Gasteiger partial charge in [-0.1, -0.05) is 13.8 Å². The molecule has 2 rings (SSSR count). The van der Waals surface area contributed by atoms with Crippen molar-refractivity contribution in [2.75, 3.05) is 7.11 Å². The second-order valence-electron chi connectivity index (χ2n) is 6.01.